The second-order valence-electron chi connectivity index (χ2n) is 6.07. The monoisotopic (exact) mass is 365 g/mol. The number of hydrogen-bond acceptors (Lipinski definition) is 4. The number of allylic oxidation sites excluding steroid dienone is 1. The molecule has 0 radical (unpaired) electrons. The van der Waals surface area contributed by atoms with Gasteiger partial charge in [0, 0.05) is 11.1 Å². The van der Waals surface area contributed by atoms with Crippen molar-refractivity contribution >= 4 is 11.5 Å². The summed E-state index contributed by atoms with van der Waals surface area (Å²) in [7, 11) is 3.18. The minimum absolute atomic E-state index is 0.176. The topological polar surface area (TPSA) is 79.5 Å². The molecule has 1 atom stereocenters. The summed E-state index contributed by atoms with van der Waals surface area (Å²) in [5.74, 6) is -0.0770. The average molecular weight is 365 g/mol. The second-order valence-corrected chi connectivity index (χ2v) is 6.07. The summed E-state index contributed by atoms with van der Waals surface area (Å²) in [4.78, 5) is 11.5. The third kappa shape index (κ3) is 4.89. The molecular weight excluding hydrogens is 342 g/mol. The minimum Gasteiger partial charge on any atom is -0.497 e. The van der Waals surface area contributed by atoms with E-state index in [0.29, 0.717) is 23.5 Å². The van der Waals surface area contributed by atoms with Crippen LogP contribution in [0.3, 0.4) is 0 Å². The van der Waals surface area contributed by atoms with E-state index >= 15 is 0 Å². The molecule has 2 rings (SSSR count). The molecule has 0 aliphatic carbocycles. The summed E-state index contributed by atoms with van der Waals surface area (Å²) in [6.07, 6.45) is 0.634. The van der Waals surface area contributed by atoms with Crippen molar-refractivity contribution in [2.45, 2.75) is 19.8 Å². The van der Waals surface area contributed by atoms with Gasteiger partial charge in [-0.1, -0.05) is 31.2 Å². The van der Waals surface area contributed by atoms with Crippen molar-refractivity contribution < 1.29 is 19.4 Å². The number of nitriles is 1. The van der Waals surface area contributed by atoms with E-state index < -0.39 is 11.9 Å². The lowest BCUT2D eigenvalue weighted by atomic mass is 9.88. The molecule has 27 heavy (non-hydrogen) atoms. The molecule has 5 nitrogen and oxygen atoms in total. The first-order chi connectivity index (χ1) is 13.0. The maximum absolute atomic E-state index is 11.5. The normalized spacial score (nSPS) is 11.2. The van der Waals surface area contributed by atoms with E-state index in [9.17, 15) is 15.2 Å². The Morgan fingerprint density at radius 3 is 1.74 bits per heavy atom. The lowest BCUT2D eigenvalue weighted by molar-refractivity contribution is -0.141. The quantitative estimate of drug-likeness (QED) is 0.695. The third-order valence-corrected chi connectivity index (χ3v) is 4.49. The highest BCUT2D eigenvalue weighted by Gasteiger charge is 2.21. The highest BCUT2D eigenvalue weighted by atomic mass is 16.5. The lowest BCUT2D eigenvalue weighted by Crippen LogP contribution is -2.13. The van der Waals surface area contributed by atoms with E-state index in [4.69, 9.17) is 9.47 Å². The largest absolute Gasteiger partial charge is 0.497 e. The molecule has 0 aliphatic heterocycles. The summed E-state index contributed by atoms with van der Waals surface area (Å²) in [6.45, 7) is 1.81. The molecule has 0 aliphatic rings. The molecule has 5 heteroatoms. The number of ether oxygens (including phenoxy) is 2. The highest BCUT2D eigenvalue weighted by molar-refractivity contribution is 5.85. The van der Waals surface area contributed by atoms with E-state index in [-0.39, 0.29) is 6.42 Å². The van der Waals surface area contributed by atoms with Crippen LogP contribution in [0.25, 0.3) is 5.57 Å². The van der Waals surface area contributed by atoms with E-state index in [0.717, 1.165) is 16.7 Å². The zero-order valence-electron chi connectivity index (χ0n) is 15.7. The number of aliphatic carboxylic acids is 1. The Bertz CT molecular complexity index is 796. The fourth-order valence-electron chi connectivity index (χ4n) is 2.89. The van der Waals surface area contributed by atoms with E-state index in [1.165, 1.54) is 0 Å². The van der Waals surface area contributed by atoms with Gasteiger partial charge in [0.2, 0.25) is 0 Å². The van der Waals surface area contributed by atoms with Crippen LogP contribution in [0.2, 0.25) is 0 Å². The Balaban J connectivity index is 2.61. The van der Waals surface area contributed by atoms with Gasteiger partial charge in [0.05, 0.1) is 26.2 Å². The molecule has 0 heterocycles. The molecule has 2 aromatic carbocycles. The van der Waals surface area contributed by atoms with Crippen molar-refractivity contribution in [2.75, 3.05) is 14.2 Å². The molecule has 0 aromatic heterocycles. The molecule has 0 fully saturated rings. The summed E-state index contributed by atoms with van der Waals surface area (Å²) in [6, 6.07) is 17.0. The van der Waals surface area contributed by atoms with Crippen molar-refractivity contribution in [3.05, 3.63) is 65.2 Å². The molecular formula is C22H23NO4. The number of benzene rings is 2. The van der Waals surface area contributed by atoms with Gasteiger partial charge in [-0.3, -0.25) is 4.79 Å². The van der Waals surface area contributed by atoms with E-state index in [1.54, 1.807) is 14.2 Å². The lowest BCUT2D eigenvalue weighted by Gasteiger charge is -2.15. The number of nitrogens with zero attached hydrogens (tertiary/aromatic N) is 1. The van der Waals surface area contributed by atoms with Crippen molar-refractivity contribution in [1.82, 2.24) is 0 Å². The molecule has 140 valence electrons. The summed E-state index contributed by atoms with van der Waals surface area (Å²) < 4.78 is 10.4. The van der Waals surface area contributed by atoms with E-state index in [1.807, 2.05) is 55.5 Å². The summed E-state index contributed by atoms with van der Waals surface area (Å²) >= 11 is 0. The summed E-state index contributed by atoms with van der Waals surface area (Å²) in [5.41, 5.74) is 2.83. The van der Waals surface area contributed by atoms with Crippen molar-refractivity contribution in [3.8, 4) is 17.6 Å². The predicted octanol–water partition coefficient (Wildman–Crippen LogP) is 4.53. The zero-order valence-corrected chi connectivity index (χ0v) is 15.7. The molecule has 0 spiro atoms. The van der Waals surface area contributed by atoms with Gasteiger partial charge >= 0.3 is 5.97 Å². The predicted molar refractivity (Wildman–Crippen MR) is 104 cm³/mol. The first-order valence-corrected chi connectivity index (χ1v) is 8.68. The van der Waals surface area contributed by atoms with E-state index in [2.05, 4.69) is 6.07 Å². The Morgan fingerprint density at radius 1 is 1.00 bits per heavy atom. The van der Waals surface area contributed by atoms with Gasteiger partial charge in [0.25, 0.3) is 0 Å². The van der Waals surface area contributed by atoms with Crippen LogP contribution in [0.5, 0.6) is 11.5 Å². The first kappa shape index (κ1) is 20.1. The number of hydrogen-bond donors (Lipinski definition) is 1. The van der Waals surface area contributed by atoms with Crippen LogP contribution in [0.1, 0.15) is 30.9 Å². The van der Waals surface area contributed by atoms with Crippen LogP contribution in [-0.2, 0) is 4.79 Å². The molecule has 2 aromatic rings. The molecule has 0 bridgehead atoms. The van der Waals surface area contributed by atoms with Crippen molar-refractivity contribution in [3.63, 3.8) is 0 Å². The Hall–Kier alpha value is -3.26. The average Bonchev–Trinajstić information content (AvgIpc) is 2.71. The Morgan fingerprint density at radius 2 is 1.44 bits per heavy atom. The van der Waals surface area contributed by atoms with Crippen LogP contribution >= 0.6 is 0 Å². The van der Waals surface area contributed by atoms with Gasteiger partial charge in [-0.25, -0.2) is 0 Å². The highest BCUT2D eigenvalue weighted by Crippen LogP contribution is 2.32. The van der Waals surface area contributed by atoms with Crippen LogP contribution in [0.4, 0.5) is 0 Å². The van der Waals surface area contributed by atoms with Crippen LogP contribution in [-0.4, -0.2) is 25.3 Å². The van der Waals surface area contributed by atoms with Gasteiger partial charge in [-0.05, 0) is 48.2 Å². The fourth-order valence-corrected chi connectivity index (χ4v) is 2.89. The number of carboxylic acid groups (broad SMARTS) is 1. The van der Waals surface area contributed by atoms with Gasteiger partial charge < -0.3 is 14.6 Å². The number of methoxy groups -OCH3 is 2. The maximum Gasteiger partial charge on any atom is 0.306 e. The van der Waals surface area contributed by atoms with Crippen LogP contribution < -0.4 is 9.47 Å². The second kappa shape index (κ2) is 9.44. The molecule has 1 unspecified atom stereocenters. The van der Waals surface area contributed by atoms with Crippen LogP contribution in [0, 0.1) is 17.2 Å². The molecule has 0 saturated carbocycles. The Kier molecular flexibility index (Phi) is 7.01. The van der Waals surface area contributed by atoms with Gasteiger partial charge in [0.1, 0.15) is 11.5 Å². The smallest absolute Gasteiger partial charge is 0.306 e. The maximum atomic E-state index is 11.5. The van der Waals surface area contributed by atoms with Gasteiger partial charge in [-0.2, -0.15) is 5.26 Å². The SMILES string of the molecule is CCC(CC(C#N)=C(c1ccc(OC)cc1)c1ccc(OC)cc1)C(=O)O. The molecule has 0 saturated heterocycles. The first-order valence-electron chi connectivity index (χ1n) is 8.68. The molecule has 1 N–H and O–H groups in total. The van der Waals surface area contributed by atoms with Crippen LogP contribution in [0.15, 0.2) is 54.1 Å². The molecule has 0 amide bonds. The van der Waals surface area contributed by atoms with Crippen molar-refractivity contribution in [2.24, 2.45) is 5.92 Å². The standard InChI is InChI=1S/C22H23NO4/c1-4-15(22(24)25)13-18(14-23)21(16-5-9-19(26-2)10-6-16)17-7-11-20(27-3)12-8-17/h5-12,15H,4,13H2,1-3H3,(H,24,25). The number of rotatable bonds is 8. The number of carbonyl (C=O) groups is 1. The zero-order chi connectivity index (χ0) is 19.8. The van der Waals surface area contributed by atoms with Gasteiger partial charge in [-0.15, -0.1) is 0 Å². The van der Waals surface area contributed by atoms with Crippen molar-refractivity contribution in [1.29, 1.82) is 5.26 Å². The third-order valence-electron chi connectivity index (χ3n) is 4.49. The Labute approximate surface area is 159 Å². The summed E-state index contributed by atoms with van der Waals surface area (Å²) in [5, 5.41) is 19.2. The van der Waals surface area contributed by atoms with Gasteiger partial charge in [0.15, 0.2) is 0 Å². The fraction of sp³-hybridized carbons (Fsp3) is 0.273. The number of carboxylic acids is 1. The minimum atomic E-state index is -0.894.